The quantitative estimate of drug-likeness (QED) is 0.367. The van der Waals surface area contributed by atoms with Crippen molar-refractivity contribution < 1.29 is 18.3 Å². The van der Waals surface area contributed by atoms with E-state index in [0.717, 1.165) is 16.9 Å². The average Bonchev–Trinajstić information content (AvgIpc) is 3.47. The predicted octanol–water partition coefficient (Wildman–Crippen LogP) is 3.88. The van der Waals surface area contributed by atoms with Gasteiger partial charge in [0.05, 0.1) is 19.3 Å². The second-order valence-electron chi connectivity index (χ2n) is 6.59. The van der Waals surface area contributed by atoms with Gasteiger partial charge >= 0.3 is 0 Å². The molecule has 1 amide bonds. The molecule has 0 aliphatic heterocycles. The van der Waals surface area contributed by atoms with E-state index in [-0.39, 0.29) is 23.3 Å². The number of halogens is 1. The van der Waals surface area contributed by atoms with Gasteiger partial charge in [-0.3, -0.25) is 4.79 Å². The first kappa shape index (κ1) is 21.9. The van der Waals surface area contributed by atoms with Crippen molar-refractivity contribution in [2.45, 2.75) is 23.9 Å². The van der Waals surface area contributed by atoms with E-state index in [2.05, 4.69) is 25.7 Å². The predicted molar refractivity (Wildman–Crippen MR) is 117 cm³/mol. The molecule has 1 N–H and O–H groups in total. The zero-order valence-electron chi connectivity index (χ0n) is 16.9. The van der Waals surface area contributed by atoms with Crippen molar-refractivity contribution in [2.75, 3.05) is 7.11 Å². The lowest BCUT2D eigenvalue weighted by Gasteiger charge is -2.02. The molecule has 8 nitrogen and oxygen atoms in total. The zero-order valence-corrected chi connectivity index (χ0v) is 18.6. The molecule has 0 saturated carbocycles. The Labute approximate surface area is 191 Å². The molecule has 2 heterocycles. The van der Waals surface area contributed by atoms with Crippen LogP contribution in [0.4, 0.5) is 4.39 Å². The molecule has 4 rings (SSSR count). The molecule has 0 spiro atoms. The van der Waals surface area contributed by atoms with Crippen LogP contribution in [0.1, 0.15) is 31.8 Å². The van der Waals surface area contributed by atoms with Gasteiger partial charge in [0.15, 0.2) is 0 Å². The molecule has 0 unspecified atom stereocenters. The van der Waals surface area contributed by atoms with Crippen LogP contribution in [0.25, 0.3) is 0 Å². The maximum absolute atomic E-state index is 12.9. The van der Waals surface area contributed by atoms with Crippen LogP contribution >= 0.6 is 23.1 Å². The van der Waals surface area contributed by atoms with Crippen molar-refractivity contribution in [2.24, 2.45) is 0 Å². The number of ether oxygens (including phenoxy) is 1. The van der Waals surface area contributed by atoms with Gasteiger partial charge in [-0.05, 0) is 35.4 Å². The summed E-state index contributed by atoms with van der Waals surface area (Å²) in [4.78, 5) is 12.3. The number of benzene rings is 2. The Morgan fingerprint density at radius 3 is 2.56 bits per heavy atom. The fourth-order valence-corrected chi connectivity index (χ4v) is 4.20. The average molecular weight is 472 g/mol. The van der Waals surface area contributed by atoms with Crippen molar-refractivity contribution in [1.82, 2.24) is 25.7 Å². The number of nitrogens with one attached hydrogen (secondary N) is 1. The van der Waals surface area contributed by atoms with Gasteiger partial charge in [-0.1, -0.05) is 47.4 Å². The minimum atomic E-state index is -0.331. The van der Waals surface area contributed by atoms with Crippen LogP contribution in [0.3, 0.4) is 0 Å². The highest BCUT2D eigenvalue weighted by Crippen LogP contribution is 2.24. The Hall–Kier alpha value is -3.31. The molecule has 0 fully saturated rings. The maximum atomic E-state index is 12.9. The minimum absolute atomic E-state index is 0.258. The highest BCUT2D eigenvalue weighted by atomic mass is 32.2. The Kier molecular flexibility index (Phi) is 7.07. The molecular formula is C21H18FN5O3S2. The number of hydrogen-bond acceptors (Lipinski definition) is 9. The lowest BCUT2D eigenvalue weighted by Crippen LogP contribution is -2.22. The van der Waals surface area contributed by atoms with E-state index in [1.54, 1.807) is 19.2 Å². The Morgan fingerprint density at radius 2 is 1.81 bits per heavy atom. The van der Waals surface area contributed by atoms with Gasteiger partial charge in [-0.2, -0.15) is 0 Å². The molecule has 4 aromatic rings. The summed E-state index contributed by atoms with van der Waals surface area (Å²) in [6.45, 7) is 0.279. The lowest BCUT2D eigenvalue weighted by molar-refractivity contribution is 0.0950. The highest BCUT2D eigenvalue weighted by molar-refractivity contribution is 7.98. The minimum Gasteiger partial charge on any atom is -0.497 e. The highest BCUT2D eigenvalue weighted by Gasteiger charge is 2.14. The summed E-state index contributed by atoms with van der Waals surface area (Å²) in [5, 5.41) is 20.2. The fourth-order valence-electron chi connectivity index (χ4n) is 2.67. The van der Waals surface area contributed by atoms with E-state index in [1.807, 2.05) is 24.3 Å². The van der Waals surface area contributed by atoms with E-state index in [1.165, 1.54) is 35.2 Å². The summed E-state index contributed by atoms with van der Waals surface area (Å²) < 4.78 is 23.8. The van der Waals surface area contributed by atoms with Gasteiger partial charge in [-0.25, -0.2) is 4.39 Å². The van der Waals surface area contributed by atoms with Gasteiger partial charge < -0.3 is 14.5 Å². The summed E-state index contributed by atoms with van der Waals surface area (Å²) in [7, 11) is 1.62. The van der Waals surface area contributed by atoms with E-state index >= 15 is 0 Å². The summed E-state index contributed by atoms with van der Waals surface area (Å²) in [5.41, 5.74) is 1.83. The number of aromatic nitrogens is 4. The molecule has 0 radical (unpaired) electrons. The van der Waals surface area contributed by atoms with Crippen LogP contribution in [-0.2, 0) is 18.7 Å². The number of thioether (sulfide) groups is 1. The maximum Gasteiger partial charge on any atom is 0.282 e. The monoisotopic (exact) mass is 471 g/mol. The van der Waals surface area contributed by atoms with E-state index in [9.17, 15) is 9.18 Å². The third kappa shape index (κ3) is 5.89. The molecule has 2 aromatic heterocycles. The second kappa shape index (κ2) is 10.3. The van der Waals surface area contributed by atoms with Crippen molar-refractivity contribution in [3.8, 4) is 5.75 Å². The van der Waals surface area contributed by atoms with Gasteiger partial charge in [0.2, 0.25) is 10.9 Å². The standard InChI is InChI=1S/C21H18FN5O3S2/c1-29-16-8-4-13(5-9-16)10-17-24-27-21(30-17)31-12-18-25-26-20(32-18)19(28)23-11-14-2-6-15(22)7-3-14/h2-9H,10-12H2,1H3,(H,23,28). The number of nitrogens with zero attached hydrogens (tertiary/aromatic N) is 4. The van der Waals surface area contributed by atoms with Crippen LogP contribution < -0.4 is 10.1 Å². The first-order chi connectivity index (χ1) is 15.6. The van der Waals surface area contributed by atoms with Gasteiger partial charge in [0.25, 0.3) is 11.1 Å². The second-order valence-corrected chi connectivity index (χ2v) is 8.57. The smallest absolute Gasteiger partial charge is 0.282 e. The molecule has 0 aliphatic rings. The Bertz CT molecular complexity index is 1180. The van der Waals surface area contributed by atoms with Gasteiger partial charge in [-0.15, -0.1) is 20.4 Å². The molecule has 164 valence electrons. The number of carbonyl (C=O) groups excluding carboxylic acids is 1. The lowest BCUT2D eigenvalue weighted by atomic mass is 10.1. The van der Waals surface area contributed by atoms with Crippen molar-refractivity contribution >= 4 is 29.0 Å². The third-order valence-corrected chi connectivity index (χ3v) is 6.24. The Balaban J connectivity index is 1.26. The molecule has 0 bridgehead atoms. The number of methoxy groups -OCH3 is 1. The van der Waals surface area contributed by atoms with Gasteiger partial charge in [0.1, 0.15) is 16.6 Å². The summed E-state index contributed by atoms with van der Waals surface area (Å²) in [5.74, 6) is 1.10. The first-order valence-corrected chi connectivity index (χ1v) is 11.3. The van der Waals surface area contributed by atoms with Crippen molar-refractivity contribution in [3.05, 3.63) is 81.4 Å². The summed E-state index contributed by atoms with van der Waals surface area (Å²) >= 11 is 2.52. The SMILES string of the molecule is COc1ccc(Cc2nnc(SCc3nnc(C(=O)NCc4ccc(F)cc4)s3)o2)cc1. The number of hydrogen-bond donors (Lipinski definition) is 1. The molecule has 0 atom stereocenters. The number of carbonyl (C=O) groups is 1. The van der Waals surface area contributed by atoms with E-state index in [4.69, 9.17) is 9.15 Å². The van der Waals surface area contributed by atoms with Crippen LogP contribution in [0.5, 0.6) is 5.75 Å². The van der Waals surface area contributed by atoms with Crippen LogP contribution in [-0.4, -0.2) is 33.4 Å². The van der Waals surface area contributed by atoms with E-state index < -0.39 is 0 Å². The third-order valence-electron chi connectivity index (χ3n) is 4.31. The normalized spacial score (nSPS) is 10.8. The molecule has 2 aromatic carbocycles. The molecule has 0 aliphatic carbocycles. The fraction of sp³-hybridized carbons (Fsp3) is 0.190. The van der Waals surface area contributed by atoms with E-state index in [0.29, 0.717) is 28.3 Å². The zero-order chi connectivity index (χ0) is 22.3. The van der Waals surface area contributed by atoms with Gasteiger partial charge in [0, 0.05) is 6.54 Å². The molecular weight excluding hydrogens is 453 g/mol. The summed E-state index contributed by atoms with van der Waals surface area (Å²) in [6, 6.07) is 13.6. The van der Waals surface area contributed by atoms with Crippen LogP contribution in [0.2, 0.25) is 0 Å². The molecule has 0 saturated heterocycles. The largest absolute Gasteiger partial charge is 0.497 e. The topological polar surface area (TPSA) is 103 Å². The summed E-state index contributed by atoms with van der Waals surface area (Å²) in [6.07, 6.45) is 0.523. The number of amides is 1. The molecule has 11 heteroatoms. The van der Waals surface area contributed by atoms with Crippen molar-refractivity contribution in [1.29, 1.82) is 0 Å². The Morgan fingerprint density at radius 1 is 1.06 bits per heavy atom. The van der Waals surface area contributed by atoms with Crippen molar-refractivity contribution in [3.63, 3.8) is 0 Å². The van der Waals surface area contributed by atoms with Crippen LogP contribution in [0, 0.1) is 5.82 Å². The van der Waals surface area contributed by atoms with Crippen LogP contribution in [0.15, 0.2) is 58.2 Å². The number of rotatable bonds is 9. The first-order valence-electron chi connectivity index (χ1n) is 9.52. The molecule has 32 heavy (non-hydrogen) atoms.